The maximum Gasteiger partial charge on any atom is 0.272 e. The lowest BCUT2D eigenvalue weighted by Gasteiger charge is -2.25. The first-order valence-corrected chi connectivity index (χ1v) is 8.78. The van der Waals surface area contributed by atoms with Crippen molar-refractivity contribution in [1.29, 1.82) is 0 Å². The van der Waals surface area contributed by atoms with Crippen molar-refractivity contribution in [3.8, 4) is 0 Å². The molecule has 132 valence electrons. The van der Waals surface area contributed by atoms with Crippen molar-refractivity contribution in [1.82, 2.24) is 9.88 Å². The molecular weight excluding hydrogens is 316 g/mol. The number of hydrogen-bond donors (Lipinski definition) is 3. The summed E-state index contributed by atoms with van der Waals surface area (Å²) in [5.41, 5.74) is 1.83. The van der Waals surface area contributed by atoms with Crippen LogP contribution >= 0.6 is 0 Å². The molecule has 0 atom stereocenters. The maximum atomic E-state index is 12.1. The number of benzene rings is 1. The van der Waals surface area contributed by atoms with Crippen molar-refractivity contribution in [2.45, 2.75) is 25.7 Å². The van der Waals surface area contributed by atoms with Crippen LogP contribution in [0.2, 0.25) is 0 Å². The number of likely N-dealkylation sites (tertiary alicyclic amines) is 1. The van der Waals surface area contributed by atoms with Gasteiger partial charge in [0.15, 0.2) is 0 Å². The number of amides is 2. The highest BCUT2D eigenvalue weighted by atomic mass is 16.2. The first-order valence-electron chi connectivity index (χ1n) is 8.78. The minimum absolute atomic E-state index is 0.00146. The van der Waals surface area contributed by atoms with Gasteiger partial charge < -0.3 is 20.5 Å². The second kappa shape index (κ2) is 8.48. The Morgan fingerprint density at radius 1 is 1.00 bits per heavy atom. The van der Waals surface area contributed by atoms with Gasteiger partial charge in [0.25, 0.3) is 5.91 Å². The van der Waals surface area contributed by atoms with Crippen LogP contribution in [-0.2, 0) is 4.79 Å². The number of rotatable bonds is 6. The molecule has 1 fully saturated rings. The highest BCUT2D eigenvalue weighted by molar-refractivity contribution is 6.03. The average molecular weight is 340 g/mol. The van der Waals surface area contributed by atoms with Gasteiger partial charge in [0.1, 0.15) is 5.69 Å². The zero-order valence-electron chi connectivity index (χ0n) is 14.3. The minimum atomic E-state index is -0.210. The van der Waals surface area contributed by atoms with E-state index in [1.54, 1.807) is 30.5 Å². The van der Waals surface area contributed by atoms with Gasteiger partial charge >= 0.3 is 0 Å². The number of hydrogen-bond acceptors (Lipinski definition) is 3. The van der Waals surface area contributed by atoms with E-state index >= 15 is 0 Å². The van der Waals surface area contributed by atoms with Crippen LogP contribution in [0.1, 0.15) is 36.2 Å². The molecule has 1 aromatic heterocycles. The van der Waals surface area contributed by atoms with Crippen molar-refractivity contribution in [3.05, 3.63) is 48.3 Å². The molecule has 0 unspecified atom stereocenters. The van der Waals surface area contributed by atoms with Crippen molar-refractivity contribution in [3.63, 3.8) is 0 Å². The van der Waals surface area contributed by atoms with Crippen LogP contribution in [0.25, 0.3) is 0 Å². The highest BCUT2D eigenvalue weighted by Gasteiger charge is 2.12. The summed E-state index contributed by atoms with van der Waals surface area (Å²) in [6, 6.07) is 10.7. The minimum Gasteiger partial charge on any atom is -0.357 e. The van der Waals surface area contributed by atoms with Crippen LogP contribution in [0.4, 0.5) is 11.4 Å². The fraction of sp³-hybridized carbons (Fsp3) is 0.368. The first-order chi connectivity index (χ1) is 12.2. The van der Waals surface area contributed by atoms with Gasteiger partial charge in [-0.2, -0.15) is 0 Å². The first kappa shape index (κ1) is 17.2. The lowest BCUT2D eigenvalue weighted by Crippen LogP contribution is -2.32. The van der Waals surface area contributed by atoms with E-state index in [4.69, 9.17) is 0 Å². The fourth-order valence-corrected chi connectivity index (χ4v) is 3.01. The normalized spacial score (nSPS) is 14.9. The molecule has 2 amide bonds. The van der Waals surface area contributed by atoms with Crippen LogP contribution in [0.5, 0.6) is 0 Å². The topological polar surface area (TPSA) is 77.2 Å². The van der Waals surface area contributed by atoms with E-state index in [9.17, 15) is 9.59 Å². The third-order valence-electron chi connectivity index (χ3n) is 4.35. The van der Waals surface area contributed by atoms with Crippen LogP contribution in [0.15, 0.2) is 42.6 Å². The van der Waals surface area contributed by atoms with E-state index in [1.165, 1.54) is 19.3 Å². The summed E-state index contributed by atoms with van der Waals surface area (Å²) in [6.07, 6.45) is 5.94. The molecule has 1 saturated heterocycles. The average Bonchev–Trinajstić information content (AvgIpc) is 3.16. The molecule has 3 N–H and O–H groups in total. The Morgan fingerprint density at radius 3 is 2.48 bits per heavy atom. The lowest BCUT2D eigenvalue weighted by molar-refractivity contribution is -0.116. The second-order valence-electron chi connectivity index (χ2n) is 6.32. The quantitative estimate of drug-likeness (QED) is 0.756. The Hall–Kier alpha value is -2.60. The number of piperidine rings is 1. The Labute approximate surface area is 147 Å². The maximum absolute atomic E-state index is 12.1. The van der Waals surface area contributed by atoms with E-state index in [0.29, 0.717) is 23.5 Å². The summed E-state index contributed by atoms with van der Waals surface area (Å²) in [4.78, 5) is 29.4. The SMILES string of the molecule is O=C(CCN1CCCCC1)Nc1cccc(NC(=O)c2ccc[nH]2)c1. The molecule has 2 aromatic rings. The number of carbonyl (C=O) groups is 2. The third-order valence-corrected chi connectivity index (χ3v) is 4.35. The third kappa shape index (κ3) is 5.19. The summed E-state index contributed by atoms with van der Waals surface area (Å²) < 4.78 is 0. The molecule has 25 heavy (non-hydrogen) atoms. The van der Waals surface area contributed by atoms with E-state index in [2.05, 4.69) is 20.5 Å². The van der Waals surface area contributed by atoms with Gasteiger partial charge in [0.05, 0.1) is 0 Å². The van der Waals surface area contributed by atoms with E-state index in [-0.39, 0.29) is 11.8 Å². The summed E-state index contributed by atoms with van der Waals surface area (Å²) in [5, 5.41) is 5.72. The van der Waals surface area contributed by atoms with Crippen LogP contribution in [0.3, 0.4) is 0 Å². The Bertz CT molecular complexity index is 706. The van der Waals surface area contributed by atoms with Crippen LogP contribution in [0, 0.1) is 0 Å². The number of aromatic amines is 1. The van der Waals surface area contributed by atoms with Crippen molar-refractivity contribution < 1.29 is 9.59 Å². The number of H-pyrrole nitrogens is 1. The highest BCUT2D eigenvalue weighted by Crippen LogP contribution is 2.16. The Morgan fingerprint density at radius 2 is 1.76 bits per heavy atom. The van der Waals surface area contributed by atoms with E-state index in [1.807, 2.05) is 12.1 Å². The molecule has 0 bridgehead atoms. The van der Waals surface area contributed by atoms with Crippen molar-refractivity contribution in [2.75, 3.05) is 30.3 Å². The molecule has 1 aromatic carbocycles. The molecule has 3 rings (SSSR count). The fourth-order valence-electron chi connectivity index (χ4n) is 3.01. The largest absolute Gasteiger partial charge is 0.357 e. The molecule has 1 aliphatic rings. The predicted molar refractivity (Wildman–Crippen MR) is 98.7 cm³/mol. The van der Waals surface area contributed by atoms with Crippen LogP contribution in [-0.4, -0.2) is 41.3 Å². The summed E-state index contributed by atoms with van der Waals surface area (Å²) in [7, 11) is 0. The summed E-state index contributed by atoms with van der Waals surface area (Å²) >= 11 is 0. The van der Waals surface area contributed by atoms with Gasteiger partial charge in [0, 0.05) is 30.5 Å². The van der Waals surface area contributed by atoms with Crippen molar-refractivity contribution >= 4 is 23.2 Å². The van der Waals surface area contributed by atoms with Gasteiger partial charge in [-0.1, -0.05) is 12.5 Å². The Kier molecular flexibility index (Phi) is 5.85. The summed E-state index contributed by atoms with van der Waals surface area (Å²) in [5.74, 6) is -0.211. The van der Waals surface area contributed by atoms with Gasteiger partial charge in [-0.3, -0.25) is 9.59 Å². The number of carbonyl (C=O) groups excluding carboxylic acids is 2. The molecule has 6 heteroatoms. The number of anilines is 2. The molecule has 2 heterocycles. The number of aromatic nitrogens is 1. The van der Waals surface area contributed by atoms with E-state index < -0.39 is 0 Å². The van der Waals surface area contributed by atoms with Gasteiger partial charge in [-0.15, -0.1) is 0 Å². The molecule has 0 radical (unpaired) electrons. The molecule has 6 nitrogen and oxygen atoms in total. The Balaban J connectivity index is 1.50. The zero-order valence-corrected chi connectivity index (χ0v) is 14.3. The molecular formula is C19H24N4O2. The smallest absolute Gasteiger partial charge is 0.272 e. The molecule has 0 aliphatic carbocycles. The van der Waals surface area contributed by atoms with Gasteiger partial charge in [0.2, 0.25) is 5.91 Å². The second-order valence-corrected chi connectivity index (χ2v) is 6.32. The standard InChI is InChI=1S/C19H24N4O2/c24-18(9-13-23-11-2-1-3-12-23)21-15-6-4-7-16(14-15)22-19(25)17-8-5-10-20-17/h4-8,10,14,20H,1-3,9,11-13H2,(H,21,24)(H,22,25). The monoisotopic (exact) mass is 340 g/mol. The molecule has 0 spiro atoms. The number of nitrogens with zero attached hydrogens (tertiary/aromatic N) is 1. The van der Waals surface area contributed by atoms with Crippen LogP contribution < -0.4 is 10.6 Å². The number of nitrogens with one attached hydrogen (secondary N) is 3. The zero-order chi connectivity index (χ0) is 17.5. The molecule has 0 saturated carbocycles. The van der Waals surface area contributed by atoms with Gasteiger partial charge in [-0.05, 0) is 56.3 Å². The molecule has 1 aliphatic heterocycles. The van der Waals surface area contributed by atoms with E-state index in [0.717, 1.165) is 19.6 Å². The van der Waals surface area contributed by atoms with Crippen molar-refractivity contribution in [2.24, 2.45) is 0 Å². The lowest BCUT2D eigenvalue weighted by atomic mass is 10.1. The predicted octanol–water partition coefficient (Wildman–Crippen LogP) is 3.08. The summed E-state index contributed by atoms with van der Waals surface area (Å²) in [6.45, 7) is 2.98. The van der Waals surface area contributed by atoms with Gasteiger partial charge in [-0.25, -0.2) is 0 Å².